The molecular weight excluding hydrogens is 320 g/mol. The first-order valence-corrected chi connectivity index (χ1v) is 8.83. The summed E-state index contributed by atoms with van der Waals surface area (Å²) < 4.78 is 10.2. The molecule has 3 heterocycles. The van der Waals surface area contributed by atoms with Crippen molar-refractivity contribution < 1.29 is 4.74 Å². The van der Waals surface area contributed by atoms with E-state index < -0.39 is 0 Å². The minimum atomic E-state index is 0.500. The number of nitrogens with zero attached hydrogens (tertiary/aromatic N) is 4. The lowest BCUT2D eigenvalue weighted by molar-refractivity contribution is 0.285. The van der Waals surface area contributed by atoms with Crippen molar-refractivity contribution in [3.05, 3.63) is 53.2 Å². The van der Waals surface area contributed by atoms with Crippen LogP contribution < -0.4 is 4.74 Å². The molecule has 6 heteroatoms. The fraction of sp³-hybridized carbons (Fsp3) is 0.333. The minimum absolute atomic E-state index is 0.500. The molecule has 1 saturated carbocycles. The SMILES string of the molecule is Cc1ccc(C2CC2COc2nc(C)ncc2-c2cnsc2)nc1. The predicted molar refractivity (Wildman–Crippen MR) is 93.2 cm³/mol. The van der Waals surface area contributed by atoms with Gasteiger partial charge in [0, 0.05) is 47.1 Å². The van der Waals surface area contributed by atoms with Crippen LogP contribution in [0.5, 0.6) is 5.88 Å². The number of pyridine rings is 1. The van der Waals surface area contributed by atoms with Crippen LogP contribution in [0.4, 0.5) is 0 Å². The van der Waals surface area contributed by atoms with Crippen molar-refractivity contribution in [3.8, 4) is 17.0 Å². The smallest absolute Gasteiger partial charge is 0.224 e. The third-order valence-electron chi connectivity index (χ3n) is 4.29. The minimum Gasteiger partial charge on any atom is -0.477 e. The Morgan fingerprint density at radius 2 is 2.08 bits per heavy atom. The zero-order valence-electron chi connectivity index (χ0n) is 13.6. The first-order chi connectivity index (χ1) is 11.7. The van der Waals surface area contributed by atoms with Crippen molar-refractivity contribution in [2.75, 3.05) is 6.61 Å². The Balaban J connectivity index is 1.45. The molecule has 0 aliphatic heterocycles. The molecule has 0 spiro atoms. The van der Waals surface area contributed by atoms with E-state index in [2.05, 4.69) is 38.4 Å². The highest BCUT2D eigenvalue weighted by Gasteiger charge is 2.40. The Labute approximate surface area is 145 Å². The molecule has 122 valence electrons. The van der Waals surface area contributed by atoms with E-state index in [0.29, 0.717) is 30.1 Å². The average molecular weight is 338 g/mol. The summed E-state index contributed by atoms with van der Waals surface area (Å²) in [5, 5.41) is 1.98. The van der Waals surface area contributed by atoms with Gasteiger partial charge >= 0.3 is 0 Å². The molecular formula is C18H18N4OS. The van der Waals surface area contributed by atoms with Gasteiger partial charge in [-0.25, -0.2) is 9.36 Å². The van der Waals surface area contributed by atoms with Gasteiger partial charge in [0.05, 0.1) is 12.2 Å². The highest BCUT2D eigenvalue weighted by Crippen LogP contribution is 2.47. The lowest BCUT2D eigenvalue weighted by Crippen LogP contribution is -2.05. The fourth-order valence-corrected chi connectivity index (χ4v) is 3.31. The number of ether oxygens (including phenoxy) is 1. The van der Waals surface area contributed by atoms with Crippen LogP contribution in [0.25, 0.3) is 11.1 Å². The molecule has 4 rings (SSSR count). The van der Waals surface area contributed by atoms with E-state index in [1.54, 1.807) is 0 Å². The van der Waals surface area contributed by atoms with Gasteiger partial charge in [-0.05, 0) is 43.4 Å². The van der Waals surface area contributed by atoms with E-state index in [-0.39, 0.29) is 0 Å². The van der Waals surface area contributed by atoms with Crippen LogP contribution >= 0.6 is 11.5 Å². The monoisotopic (exact) mass is 338 g/mol. The van der Waals surface area contributed by atoms with Gasteiger partial charge in [0.1, 0.15) is 5.82 Å². The van der Waals surface area contributed by atoms with E-state index in [4.69, 9.17) is 4.74 Å². The molecule has 24 heavy (non-hydrogen) atoms. The molecule has 0 amide bonds. The van der Waals surface area contributed by atoms with Gasteiger partial charge in [0.2, 0.25) is 5.88 Å². The second-order valence-electron chi connectivity index (χ2n) is 6.22. The molecule has 5 nitrogen and oxygen atoms in total. The lowest BCUT2D eigenvalue weighted by atomic mass is 10.2. The quantitative estimate of drug-likeness (QED) is 0.708. The number of hydrogen-bond acceptors (Lipinski definition) is 6. The summed E-state index contributed by atoms with van der Waals surface area (Å²) in [7, 11) is 0. The van der Waals surface area contributed by atoms with Crippen molar-refractivity contribution in [3.63, 3.8) is 0 Å². The van der Waals surface area contributed by atoms with Crippen LogP contribution in [0.15, 0.2) is 36.1 Å². The normalized spacial score (nSPS) is 19.2. The van der Waals surface area contributed by atoms with Crippen molar-refractivity contribution in [2.45, 2.75) is 26.2 Å². The first-order valence-electron chi connectivity index (χ1n) is 7.99. The van der Waals surface area contributed by atoms with Crippen molar-refractivity contribution in [1.29, 1.82) is 0 Å². The van der Waals surface area contributed by atoms with Crippen molar-refractivity contribution in [1.82, 2.24) is 19.3 Å². The molecule has 1 aliphatic carbocycles. The Hall–Kier alpha value is -2.34. The summed E-state index contributed by atoms with van der Waals surface area (Å²) in [6.45, 7) is 4.59. The maximum atomic E-state index is 6.04. The molecule has 1 fully saturated rings. The maximum absolute atomic E-state index is 6.04. The van der Waals surface area contributed by atoms with Crippen LogP contribution in [-0.2, 0) is 0 Å². The summed E-state index contributed by atoms with van der Waals surface area (Å²) in [6.07, 6.45) is 6.69. The molecule has 0 N–H and O–H groups in total. The van der Waals surface area contributed by atoms with Gasteiger partial charge in [-0.2, -0.15) is 4.98 Å². The average Bonchev–Trinajstić information content (AvgIpc) is 3.15. The molecule has 2 atom stereocenters. The molecule has 0 radical (unpaired) electrons. The lowest BCUT2D eigenvalue weighted by Gasteiger charge is -2.09. The van der Waals surface area contributed by atoms with E-state index in [0.717, 1.165) is 23.2 Å². The van der Waals surface area contributed by atoms with Crippen molar-refractivity contribution in [2.24, 2.45) is 5.92 Å². The highest BCUT2D eigenvalue weighted by molar-refractivity contribution is 7.03. The zero-order chi connectivity index (χ0) is 16.5. The second-order valence-corrected chi connectivity index (χ2v) is 6.88. The maximum Gasteiger partial charge on any atom is 0.224 e. The summed E-state index contributed by atoms with van der Waals surface area (Å²) in [4.78, 5) is 13.3. The Morgan fingerprint density at radius 1 is 1.17 bits per heavy atom. The van der Waals surface area contributed by atoms with E-state index in [9.17, 15) is 0 Å². The third kappa shape index (κ3) is 3.14. The molecule has 3 aromatic rings. The molecule has 2 unspecified atom stereocenters. The van der Waals surface area contributed by atoms with E-state index >= 15 is 0 Å². The number of hydrogen-bond donors (Lipinski definition) is 0. The third-order valence-corrected chi connectivity index (χ3v) is 4.87. The zero-order valence-corrected chi connectivity index (χ0v) is 14.5. The molecule has 0 bridgehead atoms. The van der Waals surface area contributed by atoms with Crippen LogP contribution in [0.3, 0.4) is 0 Å². The van der Waals surface area contributed by atoms with Gasteiger partial charge in [0.15, 0.2) is 0 Å². The Kier molecular flexibility index (Phi) is 3.98. The standard InChI is InChI=1S/C18H18N4OS/c1-11-3-4-17(20-6-11)15-5-13(15)9-23-18-16(8-19-12(2)22-18)14-7-21-24-10-14/h3-4,6-8,10,13,15H,5,9H2,1-2H3. The van der Waals surface area contributed by atoms with Crippen LogP contribution in [0, 0.1) is 19.8 Å². The number of aryl methyl sites for hydroxylation is 2. The highest BCUT2D eigenvalue weighted by atomic mass is 32.1. The van der Waals surface area contributed by atoms with E-state index in [1.807, 2.05) is 30.9 Å². The fourth-order valence-electron chi connectivity index (χ4n) is 2.77. The molecule has 1 aliphatic rings. The summed E-state index contributed by atoms with van der Waals surface area (Å²) in [5.74, 6) is 2.36. The van der Waals surface area contributed by atoms with Crippen LogP contribution in [-0.4, -0.2) is 25.9 Å². The largest absolute Gasteiger partial charge is 0.477 e. The Bertz CT molecular complexity index is 833. The molecule has 0 aromatic carbocycles. The van der Waals surface area contributed by atoms with Gasteiger partial charge in [0.25, 0.3) is 0 Å². The summed E-state index contributed by atoms with van der Waals surface area (Å²) in [6, 6.07) is 4.24. The van der Waals surface area contributed by atoms with Gasteiger partial charge in [-0.1, -0.05) is 6.07 Å². The number of aromatic nitrogens is 4. The van der Waals surface area contributed by atoms with Gasteiger partial charge in [-0.15, -0.1) is 0 Å². The van der Waals surface area contributed by atoms with Gasteiger partial charge in [-0.3, -0.25) is 4.98 Å². The second kappa shape index (κ2) is 6.28. The van der Waals surface area contributed by atoms with Crippen molar-refractivity contribution >= 4 is 11.5 Å². The van der Waals surface area contributed by atoms with E-state index in [1.165, 1.54) is 17.1 Å². The first kappa shape index (κ1) is 15.2. The topological polar surface area (TPSA) is 60.8 Å². The van der Waals surface area contributed by atoms with Crippen LogP contribution in [0.1, 0.15) is 29.4 Å². The Morgan fingerprint density at radius 3 is 2.83 bits per heavy atom. The predicted octanol–water partition coefficient (Wildman–Crippen LogP) is 3.79. The molecule has 3 aromatic heterocycles. The van der Waals surface area contributed by atoms with Crippen LogP contribution in [0.2, 0.25) is 0 Å². The molecule has 0 saturated heterocycles. The summed E-state index contributed by atoms with van der Waals surface area (Å²) in [5.41, 5.74) is 4.26. The van der Waals surface area contributed by atoms with Gasteiger partial charge < -0.3 is 4.74 Å². The number of rotatable bonds is 5. The summed E-state index contributed by atoms with van der Waals surface area (Å²) >= 11 is 1.41.